The van der Waals surface area contributed by atoms with Gasteiger partial charge < -0.3 is 14.4 Å². The number of nitrogens with zero attached hydrogens (tertiary/aromatic N) is 2. The minimum absolute atomic E-state index is 0.0155. The molecule has 6 nitrogen and oxygen atoms in total. The van der Waals surface area contributed by atoms with E-state index in [1.54, 1.807) is 42.3 Å². The van der Waals surface area contributed by atoms with E-state index in [4.69, 9.17) is 9.47 Å². The Balaban J connectivity index is 1.52. The Bertz CT molecular complexity index is 1150. The van der Waals surface area contributed by atoms with Crippen molar-refractivity contribution < 1.29 is 14.3 Å². The summed E-state index contributed by atoms with van der Waals surface area (Å²) in [7, 11) is 0. The lowest BCUT2D eigenvalue weighted by atomic mass is 9.93. The zero-order valence-corrected chi connectivity index (χ0v) is 16.0. The van der Waals surface area contributed by atoms with E-state index in [2.05, 4.69) is 0 Å². The lowest BCUT2D eigenvalue weighted by Gasteiger charge is -2.41. The molecule has 2 aromatic carbocycles. The van der Waals surface area contributed by atoms with E-state index in [1.807, 2.05) is 30.3 Å². The van der Waals surface area contributed by atoms with E-state index < -0.39 is 0 Å². The molecule has 1 atom stereocenters. The van der Waals surface area contributed by atoms with Gasteiger partial charge in [0.1, 0.15) is 5.56 Å². The number of aromatic nitrogens is 1. The predicted octanol–water partition coefficient (Wildman–Crippen LogP) is 3.46. The van der Waals surface area contributed by atoms with Crippen LogP contribution in [-0.4, -0.2) is 28.7 Å². The van der Waals surface area contributed by atoms with Crippen molar-refractivity contribution in [3.63, 3.8) is 0 Å². The summed E-state index contributed by atoms with van der Waals surface area (Å²) in [6, 6.07) is 17.1. The number of pyridine rings is 1. The van der Waals surface area contributed by atoms with Crippen LogP contribution in [0.5, 0.6) is 11.5 Å². The quantitative estimate of drug-likeness (QED) is 0.689. The third kappa shape index (κ3) is 2.88. The number of benzene rings is 2. The van der Waals surface area contributed by atoms with Crippen LogP contribution in [0.2, 0.25) is 0 Å². The van der Waals surface area contributed by atoms with Gasteiger partial charge in [-0.2, -0.15) is 0 Å². The SMILES string of the molecule is Cc1ccn(-c2ccc3c(c2)OCO3)c(=O)c1C(=O)N1CCC1c1ccccc1. The summed E-state index contributed by atoms with van der Waals surface area (Å²) in [5, 5.41) is 0. The molecule has 6 heteroatoms. The van der Waals surface area contributed by atoms with Gasteiger partial charge in [-0.1, -0.05) is 30.3 Å². The van der Waals surface area contributed by atoms with Gasteiger partial charge in [0.2, 0.25) is 6.79 Å². The lowest BCUT2D eigenvalue weighted by Crippen LogP contribution is -2.47. The Labute approximate surface area is 167 Å². The van der Waals surface area contributed by atoms with E-state index in [0.29, 0.717) is 29.3 Å². The second kappa shape index (κ2) is 6.81. The van der Waals surface area contributed by atoms with Crippen molar-refractivity contribution in [1.82, 2.24) is 9.47 Å². The third-order valence-corrected chi connectivity index (χ3v) is 5.61. The van der Waals surface area contributed by atoms with Crippen molar-refractivity contribution in [1.29, 1.82) is 0 Å². The highest BCUT2D eigenvalue weighted by Crippen LogP contribution is 2.35. The minimum Gasteiger partial charge on any atom is -0.454 e. The molecule has 0 bridgehead atoms. The number of rotatable bonds is 3. The monoisotopic (exact) mass is 388 g/mol. The van der Waals surface area contributed by atoms with Crippen molar-refractivity contribution in [3.05, 3.63) is 87.8 Å². The summed E-state index contributed by atoms with van der Waals surface area (Å²) in [6.45, 7) is 2.62. The third-order valence-electron chi connectivity index (χ3n) is 5.61. The van der Waals surface area contributed by atoms with Crippen molar-refractivity contribution in [2.24, 2.45) is 0 Å². The maximum Gasteiger partial charge on any atom is 0.268 e. The average Bonchev–Trinajstić information content (AvgIpc) is 3.16. The molecule has 1 aromatic heterocycles. The number of hydrogen-bond donors (Lipinski definition) is 0. The zero-order valence-electron chi connectivity index (χ0n) is 16.0. The molecule has 1 saturated heterocycles. The zero-order chi connectivity index (χ0) is 20.0. The first-order valence-corrected chi connectivity index (χ1v) is 9.61. The van der Waals surface area contributed by atoms with Crippen LogP contribution in [0.15, 0.2) is 65.6 Å². The molecule has 2 aliphatic heterocycles. The number of amides is 1. The summed E-state index contributed by atoms with van der Waals surface area (Å²) in [5.41, 5.74) is 2.29. The van der Waals surface area contributed by atoms with E-state index in [9.17, 15) is 9.59 Å². The summed E-state index contributed by atoms with van der Waals surface area (Å²) < 4.78 is 12.2. The van der Waals surface area contributed by atoms with Gasteiger partial charge in [-0.3, -0.25) is 14.2 Å². The first kappa shape index (κ1) is 17.6. The van der Waals surface area contributed by atoms with Crippen LogP contribution < -0.4 is 15.0 Å². The molecule has 3 aromatic rings. The average molecular weight is 388 g/mol. The Kier molecular flexibility index (Phi) is 4.12. The fraction of sp³-hybridized carbons (Fsp3) is 0.217. The van der Waals surface area contributed by atoms with Crippen LogP contribution in [0, 0.1) is 6.92 Å². The van der Waals surface area contributed by atoms with Crippen molar-refractivity contribution >= 4 is 5.91 Å². The number of ether oxygens (including phenoxy) is 2. The maximum absolute atomic E-state index is 13.3. The van der Waals surface area contributed by atoms with Gasteiger partial charge >= 0.3 is 0 Å². The molecule has 5 rings (SSSR count). The predicted molar refractivity (Wildman–Crippen MR) is 108 cm³/mol. The number of likely N-dealkylation sites (tertiary alicyclic amines) is 1. The Morgan fingerprint density at radius 1 is 1.03 bits per heavy atom. The topological polar surface area (TPSA) is 60.8 Å². The molecule has 2 aliphatic rings. The molecule has 0 saturated carbocycles. The van der Waals surface area contributed by atoms with Crippen molar-refractivity contribution in [2.45, 2.75) is 19.4 Å². The molecular weight excluding hydrogens is 368 g/mol. The highest BCUT2D eigenvalue weighted by Gasteiger charge is 2.35. The number of aryl methyl sites for hydroxylation is 1. The molecule has 146 valence electrons. The number of carbonyl (C=O) groups is 1. The van der Waals surface area contributed by atoms with Crippen molar-refractivity contribution in [3.8, 4) is 17.2 Å². The smallest absolute Gasteiger partial charge is 0.268 e. The van der Waals surface area contributed by atoms with Gasteiger partial charge in [0.25, 0.3) is 11.5 Å². The first-order chi connectivity index (χ1) is 14.1. The van der Waals surface area contributed by atoms with Gasteiger partial charge in [0, 0.05) is 18.8 Å². The minimum atomic E-state index is -0.326. The lowest BCUT2D eigenvalue weighted by molar-refractivity contribution is 0.0457. The highest BCUT2D eigenvalue weighted by molar-refractivity contribution is 5.96. The van der Waals surface area contributed by atoms with Crippen LogP contribution >= 0.6 is 0 Å². The molecule has 1 fully saturated rings. The van der Waals surface area contributed by atoms with Crippen molar-refractivity contribution in [2.75, 3.05) is 13.3 Å². The number of carbonyl (C=O) groups excluding carboxylic acids is 1. The van der Waals surface area contributed by atoms with Gasteiger partial charge in [0.15, 0.2) is 11.5 Å². The summed E-state index contributed by atoms with van der Waals surface area (Å²) >= 11 is 0. The van der Waals surface area contributed by atoms with E-state index >= 15 is 0 Å². The van der Waals surface area contributed by atoms with Crippen LogP contribution in [0.4, 0.5) is 0 Å². The molecule has 0 N–H and O–H groups in total. The van der Waals surface area contributed by atoms with E-state index in [0.717, 1.165) is 12.0 Å². The second-order valence-electron chi connectivity index (χ2n) is 7.30. The maximum atomic E-state index is 13.3. The molecule has 1 unspecified atom stereocenters. The largest absolute Gasteiger partial charge is 0.454 e. The van der Waals surface area contributed by atoms with Gasteiger partial charge in [0.05, 0.1) is 11.7 Å². The fourth-order valence-electron chi connectivity index (χ4n) is 3.92. The Morgan fingerprint density at radius 2 is 1.83 bits per heavy atom. The number of hydrogen-bond acceptors (Lipinski definition) is 4. The van der Waals surface area contributed by atoms with Crippen LogP contribution in [0.1, 0.15) is 33.9 Å². The van der Waals surface area contributed by atoms with E-state index in [-0.39, 0.29) is 29.9 Å². The first-order valence-electron chi connectivity index (χ1n) is 9.61. The normalized spacial score (nSPS) is 17.1. The number of fused-ring (bicyclic) bond motifs is 1. The fourth-order valence-corrected chi connectivity index (χ4v) is 3.92. The molecule has 3 heterocycles. The molecule has 0 aliphatic carbocycles. The molecule has 29 heavy (non-hydrogen) atoms. The molecular formula is C23H20N2O4. The summed E-state index contributed by atoms with van der Waals surface area (Å²) in [5.74, 6) is 1.02. The summed E-state index contributed by atoms with van der Waals surface area (Å²) in [4.78, 5) is 28.3. The Morgan fingerprint density at radius 3 is 2.59 bits per heavy atom. The second-order valence-corrected chi connectivity index (χ2v) is 7.30. The van der Waals surface area contributed by atoms with Gasteiger partial charge in [-0.05, 0) is 42.7 Å². The van der Waals surface area contributed by atoms with Crippen LogP contribution in [-0.2, 0) is 0 Å². The van der Waals surface area contributed by atoms with Gasteiger partial charge in [-0.25, -0.2) is 0 Å². The van der Waals surface area contributed by atoms with Gasteiger partial charge in [-0.15, -0.1) is 0 Å². The molecule has 0 spiro atoms. The Hall–Kier alpha value is -3.54. The standard InChI is InChI=1S/C23H20N2O4/c1-15-9-11-24(17-7-8-19-20(13-17)29-14-28-19)22(26)21(15)23(27)25-12-10-18(25)16-5-3-2-4-6-16/h2-9,11,13,18H,10,12,14H2,1H3. The highest BCUT2D eigenvalue weighted by atomic mass is 16.7. The van der Waals surface area contributed by atoms with E-state index in [1.165, 1.54) is 4.57 Å². The molecule has 0 radical (unpaired) electrons. The molecule has 1 amide bonds. The van der Waals surface area contributed by atoms with Crippen LogP contribution in [0.25, 0.3) is 5.69 Å². The summed E-state index contributed by atoms with van der Waals surface area (Å²) in [6.07, 6.45) is 2.59. The van der Waals surface area contributed by atoms with Crippen LogP contribution in [0.3, 0.4) is 0 Å².